The lowest BCUT2D eigenvalue weighted by Crippen LogP contribution is -2.43. The molecule has 3 N–H and O–H groups in total. The van der Waals surface area contributed by atoms with Crippen LogP contribution in [0.4, 0.5) is 15.9 Å². The Morgan fingerprint density at radius 1 is 1.12 bits per heavy atom. The quantitative estimate of drug-likeness (QED) is 0.285. The van der Waals surface area contributed by atoms with Gasteiger partial charge in [0.2, 0.25) is 5.95 Å². The number of carbonyl (C=O) groups is 2. The number of fused-ring (bicyclic) bond motifs is 1. The molecule has 5 rings (SSSR count). The first-order valence-corrected chi connectivity index (χ1v) is 13.8. The summed E-state index contributed by atoms with van der Waals surface area (Å²) in [6.45, 7) is 7.23. The first kappa shape index (κ1) is 27.3. The molecule has 0 atom stereocenters. The fourth-order valence-corrected chi connectivity index (χ4v) is 5.64. The molecule has 12 heteroatoms. The highest BCUT2D eigenvalue weighted by Crippen LogP contribution is 2.41. The molecule has 11 nitrogen and oxygen atoms in total. The average molecular weight is 562 g/mol. The van der Waals surface area contributed by atoms with Crippen molar-refractivity contribution < 1.29 is 19.4 Å². The molecule has 3 aromatic heterocycles. The first-order chi connectivity index (χ1) is 19.2. The van der Waals surface area contributed by atoms with E-state index in [-0.39, 0.29) is 6.03 Å². The van der Waals surface area contributed by atoms with E-state index >= 15 is 0 Å². The number of anilines is 2. The summed E-state index contributed by atoms with van der Waals surface area (Å²) in [7, 11) is 1.61. The molecule has 40 heavy (non-hydrogen) atoms. The molecule has 1 fully saturated rings. The summed E-state index contributed by atoms with van der Waals surface area (Å²) in [5.74, 6) is 0.433. The van der Waals surface area contributed by atoms with Crippen LogP contribution in [-0.4, -0.2) is 63.8 Å². The number of pyridine rings is 1. The van der Waals surface area contributed by atoms with E-state index in [1.165, 1.54) is 11.3 Å². The number of nitrogens with one attached hydrogen (secondary N) is 2. The van der Waals surface area contributed by atoms with Gasteiger partial charge >= 0.3 is 12.0 Å². The molecule has 0 unspecified atom stereocenters. The third-order valence-corrected chi connectivity index (χ3v) is 8.18. The Bertz CT molecular complexity index is 1560. The van der Waals surface area contributed by atoms with Gasteiger partial charge in [-0.25, -0.2) is 24.7 Å². The number of carboxylic acid groups (broad SMARTS) is 1. The second kappa shape index (κ2) is 11.0. The van der Waals surface area contributed by atoms with Crippen LogP contribution in [0.25, 0.3) is 32.6 Å². The molecule has 1 aliphatic heterocycles. The number of thiazole rings is 1. The predicted molar refractivity (Wildman–Crippen MR) is 155 cm³/mol. The summed E-state index contributed by atoms with van der Waals surface area (Å²) in [4.78, 5) is 44.5. The maximum atomic E-state index is 12.2. The molecule has 1 saturated heterocycles. The maximum Gasteiger partial charge on any atom is 0.321 e. The van der Waals surface area contributed by atoms with Crippen LogP contribution in [0.15, 0.2) is 36.7 Å². The summed E-state index contributed by atoms with van der Waals surface area (Å²) in [5, 5.41) is 15.5. The summed E-state index contributed by atoms with van der Waals surface area (Å²) in [5.41, 5.74) is 3.95. The Kier molecular flexibility index (Phi) is 7.53. The number of carboxylic acids is 1. The Morgan fingerprint density at radius 2 is 1.85 bits per heavy atom. The molecule has 1 aliphatic rings. The molecule has 0 bridgehead atoms. The number of urea groups is 1. The van der Waals surface area contributed by atoms with E-state index in [0.29, 0.717) is 60.5 Å². The summed E-state index contributed by atoms with van der Waals surface area (Å²) in [6.07, 6.45) is 4.60. The van der Waals surface area contributed by atoms with E-state index in [2.05, 4.69) is 25.6 Å². The van der Waals surface area contributed by atoms with Gasteiger partial charge in [0.05, 0.1) is 22.7 Å². The SMILES string of the molecule is CCNC(=O)Nc1nc2cc(-c3cnc(N4CCC(C)(C(=O)O)CC4)nc3)cc(-c3nc(C)ccc3OC)c2s1. The van der Waals surface area contributed by atoms with Gasteiger partial charge in [0, 0.05) is 48.8 Å². The number of rotatable bonds is 7. The molecule has 0 spiro atoms. The lowest BCUT2D eigenvalue weighted by atomic mass is 9.80. The van der Waals surface area contributed by atoms with Gasteiger partial charge in [-0.1, -0.05) is 11.3 Å². The van der Waals surface area contributed by atoms with Gasteiger partial charge < -0.3 is 20.1 Å². The van der Waals surface area contributed by atoms with Crippen LogP contribution in [0.2, 0.25) is 0 Å². The van der Waals surface area contributed by atoms with Crippen LogP contribution < -0.4 is 20.3 Å². The minimum absolute atomic E-state index is 0.319. The molecule has 1 aromatic carbocycles. The van der Waals surface area contributed by atoms with Gasteiger partial charge in [-0.05, 0) is 63.4 Å². The Balaban J connectivity index is 1.52. The Morgan fingerprint density at radius 3 is 2.50 bits per heavy atom. The van der Waals surface area contributed by atoms with Crippen molar-refractivity contribution in [3.63, 3.8) is 0 Å². The fourth-order valence-electron chi connectivity index (χ4n) is 4.68. The predicted octanol–water partition coefficient (Wildman–Crippen LogP) is 4.96. The lowest BCUT2D eigenvalue weighted by Gasteiger charge is -2.36. The fraction of sp³-hybridized carbons (Fsp3) is 0.357. The van der Waals surface area contributed by atoms with Gasteiger partial charge in [0.1, 0.15) is 11.4 Å². The number of aliphatic carboxylic acids is 1. The highest BCUT2D eigenvalue weighted by Gasteiger charge is 2.37. The zero-order chi connectivity index (χ0) is 28.4. The van der Waals surface area contributed by atoms with Crippen molar-refractivity contribution in [3.05, 3.63) is 42.4 Å². The highest BCUT2D eigenvalue weighted by atomic mass is 32.1. The lowest BCUT2D eigenvalue weighted by molar-refractivity contribution is -0.149. The van der Waals surface area contributed by atoms with E-state index in [1.54, 1.807) is 26.4 Å². The molecular formula is C28H31N7O4S. The molecule has 0 saturated carbocycles. The van der Waals surface area contributed by atoms with Gasteiger partial charge in [0.15, 0.2) is 5.13 Å². The third kappa shape index (κ3) is 5.39. The van der Waals surface area contributed by atoms with Crippen molar-refractivity contribution in [3.8, 4) is 28.1 Å². The number of carbonyl (C=O) groups excluding carboxylic acids is 1. The molecule has 2 amide bonds. The van der Waals surface area contributed by atoms with Gasteiger partial charge in [-0.3, -0.25) is 10.1 Å². The van der Waals surface area contributed by atoms with Crippen LogP contribution >= 0.6 is 11.3 Å². The molecular weight excluding hydrogens is 530 g/mol. The van der Waals surface area contributed by atoms with Gasteiger partial charge in [-0.2, -0.15) is 0 Å². The maximum absolute atomic E-state index is 12.2. The zero-order valence-electron chi connectivity index (χ0n) is 22.8. The topological polar surface area (TPSA) is 142 Å². The summed E-state index contributed by atoms with van der Waals surface area (Å²) >= 11 is 1.37. The van der Waals surface area contributed by atoms with Crippen molar-refractivity contribution in [2.45, 2.75) is 33.6 Å². The summed E-state index contributed by atoms with van der Waals surface area (Å²) < 4.78 is 6.50. The van der Waals surface area contributed by atoms with Crippen LogP contribution in [0.1, 0.15) is 32.4 Å². The van der Waals surface area contributed by atoms with E-state index in [9.17, 15) is 14.7 Å². The normalized spacial score (nSPS) is 14.7. The number of methoxy groups -OCH3 is 1. The molecule has 4 aromatic rings. The Hall–Kier alpha value is -4.32. The molecule has 0 radical (unpaired) electrons. The number of aromatic nitrogens is 4. The average Bonchev–Trinajstić information content (AvgIpc) is 3.35. The number of ether oxygens (including phenoxy) is 1. The first-order valence-electron chi connectivity index (χ1n) is 13.0. The minimum Gasteiger partial charge on any atom is -0.494 e. The second-order valence-corrected chi connectivity index (χ2v) is 11.0. The Labute approximate surface area is 235 Å². The number of aryl methyl sites for hydroxylation is 1. The van der Waals surface area contributed by atoms with Gasteiger partial charge in [0.25, 0.3) is 0 Å². The summed E-state index contributed by atoms with van der Waals surface area (Å²) in [6, 6.07) is 7.41. The van der Waals surface area contributed by atoms with Crippen molar-refractivity contribution >= 4 is 44.6 Å². The van der Waals surface area contributed by atoms with Crippen molar-refractivity contribution in [2.24, 2.45) is 5.41 Å². The zero-order valence-corrected chi connectivity index (χ0v) is 23.6. The van der Waals surface area contributed by atoms with E-state index in [4.69, 9.17) is 9.72 Å². The van der Waals surface area contributed by atoms with Crippen molar-refractivity contribution in [2.75, 3.05) is 37.0 Å². The number of amides is 2. The number of piperidine rings is 1. The second-order valence-electron chi connectivity index (χ2n) is 10.0. The molecule has 4 heterocycles. The van der Waals surface area contributed by atoms with E-state index in [1.807, 2.05) is 43.0 Å². The van der Waals surface area contributed by atoms with Crippen LogP contribution in [0.5, 0.6) is 5.75 Å². The monoisotopic (exact) mass is 561 g/mol. The number of hydrogen-bond acceptors (Lipinski definition) is 9. The highest BCUT2D eigenvalue weighted by molar-refractivity contribution is 7.22. The minimum atomic E-state index is -0.763. The third-order valence-electron chi connectivity index (χ3n) is 7.16. The van der Waals surface area contributed by atoms with Crippen LogP contribution in [0, 0.1) is 12.3 Å². The van der Waals surface area contributed by atoms with Crippen molar-refractivity contribution in [1.82, 2.24) is 25.3 Å². The number of hydrogen-bond donors (Lipinski definition) is 3. The van der Waals surface area contributed by atoms with Crippen LogP contribution in [0.3, 0.4) is 0 Å². The van der Waals surface area contributed by atoms with Crippen LogP contribution in [-0.2, 0) is 4.79 Å². The van der Waals surface area contributed by atoms with E-state index < -0.39 is 11.4 Å². The van der Waals surface area contributed by atoms with Gasteiger partial charge in [-0.15, -0.1) is 0 Å². The standard InChI is InChI=1S/C28H31N7O4S/c1-5-29-26(38)34-27-33-20-13-17(12-19(23(20)40-27)22-21(39-4)7-6-16(2)32-22)18-14-30-25(31-15-18)35-10-8-28(3,9-11-35)24(36)37/h6-7,12-15H,5,8-11H2,1-4H3,(H,36,37)(H2,29,33,34,38). The van der Waals surface area contributed by atoms with Crippen molar-refractivity contribution in [1.29, 1.82) is 0 Å². The largest absolute Gasteiger partial charge is 0.494 e. The van der Waals surface area contributed by atoms with E-state index in [0.717, 1.165) is 27.1 Å². The smallest absolute Gasteiger partial charge is 0.321 e. The molecule has 0 aliphatic carbocycles. The number of benzene rings is 1. The number of nitrogens with zero attached hydrogens (tertiary/aromatic N) is 5. The molecule has 208 valence electrons.